The Labute approximate surface area is 177 Å². The first-order chi connectivity index (χ1) is 13.8. The molecule has 0 aliphatic heterocycles. The Morgan fingerprint density at radius 1 is 1.28 bits per heavy atom. The molecule has 0 spiro atoms. The number of benzene rings is 1. The zero-order valence-electron chi connectivity index (χ0n) is 16.1. The number of carboxylic acid groups (broad SMARTS) is 1. The number of aromatic nitrogens is 1. The number of hydrogen-bond donors (Lipinski definition) is 2. The fraction of sp³-hybridized carbons (Fsp3) is 0.182. The highest BCUT2D eigenvalue weighted by Crippen LogP contribution is 2.43. The van der Waals surface area contributed by atoms with Gasteiger partial charge in [-0.3, -0.25) is 0 Å². The van der Waals surface area contributed by atoms with E-state index >= 15 is 0 Å². The van der Waals surface area contributed by atoms with Crippen LogP contribution in [0.5, 0.6) is 5.88 Å². The second-order valence-electron chi connectivity index (χ2n) is 6.47. The van der Waals surface area contributed by atoms with Crippen LogP contribution in [0, 0.1) is 13.8 Å². The van der Waals surface area contributed by atoms with E-state index in [-0.39, 0.29) is 0 Å². The summed E-state index contributed by atoms with van der Waals surface area (Å²) >= 11 is 7.51. The van der Waals surface area contributed by atoms with Gasteiger partial charge in [-0.25, -0.2) is 9.78 Å². The number of carbonyl (C=O) groups is 1. The lowest BCUT2D eigenvalue weighted by Gasteiger charge is -2.16. The quantitative estimate of drug-likeness (QED) is 0.522. The first-order valence-electron chi connectivity index (χ1n) is 8.80. The predicted octanol–water partition coefficient (Wildman–Crippen LogP) is 5.27. The zero-order chi connectivity index (χ0) is 21.1. The molecule has 1 aromatic carbocycles. The summed E-state index contributed by atoms with van der Waals surface area (Å²) in [5.41, 5.74) is 3.85. The first kappa shape index (κ1) is 21.0. The molecule has 3 aromatic rings. The van der Waals surface area contributed by atoms with Gasteiger partial charge in [-0.05, 0) is 48.7 Å². The highest BCUT2D eigenvalue weighted by atomic mass is 35.5. The summed E-state index contributed by atoms with van der Waals surface area (Å²) < 4.78 is 5.19. The van der Waals surface area contributed by atoms with Gasteiger partial charge < -0.3 is 14.9 Å². The average Bonchev–Trinajstić information content (AvgIpc) is 3.00. The normalized spacial score (nSPS) is 12.3. The minimum absolute atomic E-state index is 0.378. The number of hydrogen-bond acceptors (Lipinski definition) is 5. The van der Waals surface area contributed by atoms with E-state index < -0.39 is 12.1 Å². The molecule has 7 heteroatoms. The monoisotopic (exact) mass is 429 g/mol. The van der Waals surface area contributed by atoms with E-state index in [2.05, 4.69) is 4.98 Å². The van der Waals surface area contributed by atoms with E-state index in [0.29, 0.717) is 16.5 Å². The number of pyridine rings is 1. The molecule has 1 atom stereocenters. The zero-order valence-corrected chi connectivity index (χ0v) is 17.7. The number of halogens is 1. The first-order valence-corrected chi connectivity index (χ1v) is 10.00. The van der Waals surface area contributed by atoms with E-state index in [9.17, 15) is 9.90 Å². The molecular formula is C22H20ClNO4S. The molecule has 2 heterocycles. The minimum Gasteiger partial charge on any atom is -0.481 e. The van der Waals surface area contributed by atoms with Crippen LogP contribution in [0.1, 0.15) is 33.2 Å². The third-order valence-corrected chi connectivity index (χ3v) is 6.17. The van der Waals surface area contributed by atoms with Crippen LogP contribution in [0.4, 0.5) is 0 Å². The van der Waals surface area contributed by atoms with Crippen molar-refractivity contribution in [3.05, 3.63) is 74.8 Å². The second kappa shape index (κ2) is 8.78. The fourth-order valence-electron chi connectivity index (χ4n) is 3.04. The summed E-state index contributed by atoms with van der Waals surface area (Å²) in [6.45, 7) is 3.96. The predicted molar refractivity (Wildman–Crippen MR) is 116 cm³/mol. The molecule has 0 saturated heterocycles. The number of aliphatic hydroxyl groups is 1. The van der Waals surface area contributed by atoms with Crippen molar-refractivity contribution in [2.45, 2.75) is 20.0 Å². The molecular weight excluding hydrogens is 410 g/mol. The van der Waals surface area contributed by atoms with Crippen molar-refractivity contribution in [2.24, 2.45) is 0 Å². The molecule has 0 saturated carbocycles. The summed E-state index contributed by atoms with van der Waals surface area (Å²) in [6.07, 6.45) is 3.36. The number of carboxylic acids is 1. The van der Waals surface area contributed by atoms with Gasteiger partial charge in [-0.1, -0.05) is 23.7 Å². The van der Waals surface area contributed by atoms with Crippen molar-refractivity contribution in [2.75, 3.05) is 7.11 Å². The van der Waals surface area contributed by atoms with Gasteiger partial charge in [-0.2, -0.15) is 0 Å². The van der Waals surface area contributed by atoms with Crippen LogP contribution in [0.15, 0.2) is 42.6 Å². The van der Waals surface area contributed by atoms with Gasteiger partial charge in [0, 0.05) is 44.2 Å². The van der Waals surface area contributed by atoms with Gasteiger partial charge in [0.15, 0.2) is 0 Å². The lowest BCUT2D eigenvalue weighted by Crippen LogP contribution is -2.02. The maximum absolute atomic E-state index is 11.1. The SMILES string of the molecule is COc1cc(/C=C/C(=O)O)c(-c2sc(C)c(C)c2C(O)c2ccc(Cl)cc2)cn1. The molecule has 0 amide bonds. The van der Waals surface area contributed by atoms with Crippen LogP contribution in [0.2, 0.25) is 5.02 Å². The van der Waals surface area contributed by atoms with E-state index in [4.69, 9.17) is 21.4 Å². The fourth-order valence-corrected chi connectivity index (χ4v) is 4.39. The third-order valence-electron chi connectivity index (χ3n) is 4.66. The Kier molecular flexibility index (Phi) is 6.37. The number of thiophene rings is 1. The summed E-state index contributed by atoms with van der Waals surface area (Å²) in [6, 6.07) is 8.74. The van der Waals surface area contributed by atoms with E-state index in [1.54, 1.807) is 36.5 Å². The van der Waals surface area contributed by atoms with Crippen molar-refractivity contribution in [3.8, 4) is 16.3 Å². The largest absolute Gasteiger partial charge is 0.481 e. The molecule has 0 fully saturated rings. The Bertz CT molecular complexity index is 1070. The molecule has 0 aliphatic rings. The van der Waals surface area contributed by atoms with Crippen LogP contribution < -0.4 is 4.74 Å². The number of aliphatic hydroxyl groups excluding tert-OH is 1. The smallest absolute Gasteiger partial charge is 0.328 e. The van der Waals surface area contributed by atoms with Crippen LogP contribution >= 0.6 is 22.9 Å². The summed E-state index contributed by atoms with van der Waals surface area (Å²) in [5, 5.41) is 20.8. The van der Waals surface area contributed by atoms with E-state index in [0.717, 1.165) is 38.1 Å². The number of nitrogens with zero attached hydrogens (tertiary/aromatic N) is 1. The van der Waals surface area contributed by atoms with Gasteiger partial charge >= 0.3 is 5.97 Å². The molecule has 0 bridgehead atoms. The van der Waals surface area contributed by atoms with Crippen molar-refractivity contribution in [1.82, 2.24) is 4.98 Å². The van der Waals surface area contributed by atoms with Crippen molar-refractivity contribution in [1.29, 1.82) is 0 Å². The van der Waals surface area contributed by atoms with Crippen molar-refractivity contribution < 1.29 is 19.7 Å². The van der Waals surface area contributed by atoms with Gasteiger partial charge in [0.1, 0.15) is 6.10 Å². The van der Waals surface area contributed by atoms with Gasteiger partial charge in [0.05, 0.1) is 7.11 Å². The van der Waals surface area contributed by atoms with Gasteiger partial charge in [0.25, 0.3) is 0 Å². The maximum Gasteiger partial charge on any atom is 0.328 e. The second-order valence-corrected chi connectivity index (χ2v) is 8.13. The lowest BCUT2D eigenvalue weighted by atomic mass is 9.94. The Hall–Kier alpha value is -2.67. The Morgan fingerprint density at radius 2 is 1.97 bits per heavy atom. The van der Waals surface area contributed by atoms with Crippen LogP contribution in [0.25, 0.3) is 16.5 Å². The standard InChI is InChI=1S/C22H20ClNO4S/c1-12-13(2)29-22(20(12)21(27)14-4-7-16(23)8-5-14)17-11-24-18(28-3)10-15(17)6-9-19(25)26/h4-11,21,27H,1-3H3,(H,25,26)/b9-6+. The molecule has 5 nitrogen and oxygen atoms in total. The van der Waals surface area contributed by atoms with Crippen molar-refractivity contribution in [3.63, 3.8) is 0 Å². The lowest BCUT2D eigenvalue weighted by molar-refractivity contribution is -0.131. The van der Waals surface area contributed by atoms with Gasteiger partial charge in [0.2, 0.25) is 5.88 Å². The molecule has 0 aliphatic carbocycles. The topological polar surface area (TPSA) is 79.7 Å². The summed E-state index contributed by atoms with van der Waals surface area (Å²) in [4.78, 5) is 17.2. The molecule has 1 unspecified atom stereocenters. The number of rotatable bonds is 6. The number of aryl methyl sites for hydroxylation is 1. The highest BCUT2D eigenvalue weighted by Gasteiger charge is 2.24. The average molecular weight is 430 g/mol. The van der Waals surface area contributed by atoms with Gasteiger partial charge in [-0.15, -0.1) is 11.3 Å². The molecule has 2 aromatic heterocycles. The van der Waals surface area contributed by atoms with Crippen molar-refractivity contribution >= 4 is 35.0 Å². The Balaban J connectivity index is 2.18. The highest BCUT2D eigenvalue weighted by molar-refractivity contribution is 7.15. The van der Waals surface area contributed by atoms with Crippen LogP contribution in [0.3, 0.4) is 0 Å². The molecule has 2 N–H and O–H groups in total. The number of methoxy groups -OCH3 is 1. The minimum atomic E-state index is -1.05. The number of aliphatic carboxylic acids is 1. The third kappa shape index (κ3) is 4.50. The molecule has 29 heavy (non-hydrogen) atoms. The molecule has 0 radical (unpaired) electrons. The molecule has 150 valence electrons. The van der Waals surface area contributed by atoms with E-state index in [1.807, 2.05) is 13.8 Å². The molecule has 3 rings (SSSR count). The number of ether oxygens (including phenoxy) is 1. The van der Waals surface area contributed by atoms with Crippen LogP contribution in [-0.2, 0) is 4.79 Å². The summed E-state index contributed by atoms with van der Waals surface area (Å²) in [7, 11) is 1.50. The summed E-state index contributed by atoms with van der Waals surface area (Å²) in [5.74, 6) is -0.671. The van der Waals surface area contributed by atoms with Crippen LogP contribution in [-0.4, -0.2) is 28.3 Å². The maximum atomic E-state index is 11.1. The Morgan fingerprint density at radius 3 is 2.59 bits per heavy atom. The van der Waals surface area contributed by atoms with E-state index in [1.165, 1.54) is 24.5 Å².